The number of carbonyl (C=O) groups is 1. The predicted molar refractivity (Wildman–Crippen MR) is 108 cm³/mol. The second-order valence-corrected chi connectivity index (χ2v) is 5.93. The average molecular weight is 378 g/mol. The second kappa shape index (κ2) is 9.48. The molecular formula is C21H22N4O3. The van der Waals surface area contributed by atoms with E-state index in [1.54, 1.807) is 20.3 Å². The van der Waals surface area contributed by atoms with Gasteiger partial charge in [-0.1, -0.05) is 36.4 Å². The Morgan fingerprint density at radius 1 is 1.00 bits per heavy atom. The van der Waals surface area contributed by atoms with E-state index < -0.39 is 0 Å². The Kier molecular flexibility index (Phi) is 6.54. The Bertz CT molecular complexity index is 932. The highest BCUT2D eigenvalue weighted by molar-refractivity contribution is 5.93. The summed E-state index contributed by atoms with van der Waals surface area (Å²) < 4.78 is 10.2. The van der Waals surface area contributed by atoms with Gasteiger partial charge in [0.25, 0.3) is 5.91 Å². The normalized spacial score (nSPS) is 10.4. The zero-order valence-corrected chi connectivity index (χ0v) is 15.8. The van der Waals surface area contributed by atoms with Crippen molar-refractivity contribution in [2.75, 3.05) is 32.7 Å². The van der Waals surface area contributed by atoms with E-state index in [-0.39, 0.29) is 11.6 Å². The summed E-state index contributed by atoms with van der Waals surface area (Å²) in [6, 6.07) is 18.6. The predicted octanol–water partition coefficient (Wildman–Crippen LogP) is 3.27. The zero-order valence-electron chi connectivity index (χ0n) is 15.8. The van der Waals surface area contributed by atoms with Crippen LogP contribution in [0.1, 0.15) is 10.5 Å². The van der Waals surface area contributed by atoms with Gasteiger partial charge in [-0.3, -0.25) is 4.79 Å². The molecule has 0 bridgehead atoms. The minimum absolute atomic E-state index is 0.273. The van der Waals surface area contributed by atoms with Crippen LogP contribution in [-0.2, 0) is 4.74 Å². The number of nitrogens with one attached hydrogen (secondary N) is 2. The molecule has 28 heavy (non-hydrogen) atoms. The summed E-state index contributed by atoms with van der Waals surface area (Å²) in [6.45, 7) is 0.829. The van der Waals surface area contributed by atoms with Crippen LogP contribution < -0.4 is 15.4 Å². The van der Waals surface area contributed by atoms with E-state index in [2.05, 4.69) is 20.6 Å². The maximum atomic E-state index is 12.5. The highest BCUT2D eigenvalue weighted by Gasteiger charge is 2.13. The Morgan fingerprint density at radius 2 is 1.82 bits per heavy atom. The maximum Gasteiger partial charge on any atom is 0.270 e. The van der Waals surface area contributed by atoms with Gasteiger partial charge in [0, 0.05) is 37.0 Å². The monoisotopic (exact) mass is 378 g/mol. The molecule has 0 saturated carbocycles. The van der Waals surface area contributed by atoms with Crippen LogP contribution in [0.2, 0.25) is 0 Å². The summed E-state index contributed by atoms with van der Waals surface area (Å²) in [5.41, 5.74) is 1.89. The van der Waals surface area contributed by atoms with Crippen LogP contribution >= 0.6 is 0 Å². The Morgan fingerprint density at radius 3 is 2.57 bits per heavy atom. The molecule has 0 radical (unpaired) electrons. The van der Waals surface area contributed by atoms with Gasteiger partial charge >= 0.3 is 0 Å². The Labute approximate surface area is 163 Å². The molecule has 1 heterocycles. The van der Waals surface area contributed by atoms with Crippen molar-refractivity contribution in [2.24, 2.45) is 0 Å². The van der Waals surface area contributed by atoms with E-state index in [0.717, 1.165) is 17.0 Å². The molecule has 0 saturated heterocycles. The third-order valence-corrected chi connectivity index (χ3v) is 3.92. The first kappa shape index (κ1) is 19.3. The third-order valence-electron chi connectivity index (χ3n) is 3.92. The lowest BCUT2D eigenvalue weighted by atomic mass is 10.2. The molecule has 7 heteroatoms. The lowest BCUT2D eigenvalue weighted by molar-refractivity contribution is 0.0932. The van der Waals surface area contributed by atoms with E-state index in [1.807, 2.05) is 54.6 Å². The molecule has 0 aliphatic carbocycles. The molecule has 1 aromatic heterocycles. The Hall–Kier alpha value is -3.45. The van der Waals surface area contributed by atoms with Crippen LogP contribution in [0.5, 0.6) is 5.75 Å². The molecule has 0 aliphatic rings. The third kappa shape index (κ3) is 5.05. The van der Waals surface area contributed by atoms with Gasteiger partial charge < -0.3 is 20.1 Å². The molecule has 2 aromatic carbocycles. The summed E-state index contributed by atoms with van der Waals surface area (Å²) in [5.74, 6) is 1.41. The average Bonchev–Trinajstić information content (AvgIpc) is 2.74. The number of anilines is 2. The molecule has 0 aliphatic heterocycles. The smallest absolute Gasteiger partial charge is 0.270 e. The highest BCUT2D eigenvalue weighted by Crippen LogP contribution is 2.23. The van der Waals surface area contributed by atoms with Crippen molar-refractivity contribution < 1.29 is 14.3 Å². The SMILES string of the molecule is COCCNC(=O)c1cc(Nc2cccc(OC)c2)nc(-c2ccccc2)n1. The number of carbonyl (C=O) groups excluding carboxylic acids is 1. The van der Waals surface area contributed by atoms with Gasteiger partial charge in [-0.15, -0.1) is 0 Å². The van der Waals surface area contributed by atoms with Gasteiger partial charge in [0.15, 0.2) is 5.82 Å². The first-order valence-corrected chi connectivity index (χ1v) is 8.82. The van der Waals surface area contributed by atoms with Crippen LogP contribution in [0.25, 0.3) is 11.4 Å². The topological polar surface area (TPSA) is 85.4 Å². The van der Waals surface area contributed by atoms with E-state index >= 15 is 0 Å². The fourth-order valence-electron chi connectivity index (χ4n) is 2.55. The van der Waals surface area contributed by atoms with Gasteiger partial charge in [0.05, 0.1) is 13.7 Å². The van der Waals surface area contributed by atoms with E-state index in [1.165, 1.54) is 0 Å². The fourth-order valence-corrected chi connectivity index (χ4v) is 2.55. The summed E-state index contributed by atoms with van der Waals surface area (Å²) in [4.78, 5) is 21.5. The highest BCUT2D eigenvalue weighted by atomic mass is 16.5. The molecule has 7 nitrogen and oxygen atoms in total. The van der Waals surface area contributed by atoms with Crippen molar-refractivity contribution in [3.8, 4) is 17.1 Å². The molecule has 3 aromatic rings. The number of benzene rings is 2. The van der Waals surface area contributed by atoms with E-state index in [9.17, 15) is 4.79 Å². The molecular weight excluding hydrogens is 356 g/mol. The van der Waals surface area contributed by atoms with E-state index in [4.69, 9.17) is 9.47 Å². The summed E-state index contributed by atoms with van der Waals surface area (Å²) in [6.07, 6.45) is 0. The van der Waals surface area contributed by atoms with Crippen molar-refractivity contribution in [3.63, 3.8) is 0 Å². The molecule has 1 amide bonds. The lowest BCUT2D eigenvalue weighted by Crippen LogP contribution is -2.28. The van der Waals surface area contributed by atoms with Crippen molar-refractivity contribution >= 4 is 17.4 Å². The number of ether oxygens (including phenoxy) is 2. The number of methoxy groups -OCH3 is 2. The number of hydrogen-bond acceptors (Lipinski definition) is 6. The molecule has 2 N–H and O–H groups in total. The number of aromatic nitrogens is 2. The molecule has 0 spiro atoms. The fraction of sp³-hybridized carbons (Fsp3) is 0.190. The summed E-state index contributed by atoms with van der Waals surface area (Å²) in [5, 5.41) is 6.00. The minimum Gasteiger partial charge on any atom is -0.497 e. The van der Waals surface area contributed by atoms with Gasteiger partial charge in [-0.25, -0.2) is 9.97 Å². The first-order chi connectivity index (χ1) is 13.7. The standard InChI is InChI=1S/C21H22N4O3/c1-27-12-11-22-21(26)18-14-19(23-16-9-6-10-17(13-16)28-2)25-20(24-18)15-7-4-3-5-8-15/h3-10,13-14H,11-12H2,1-2H3,(H,22,26)(H,23,24,25). The summed E-state index contributed by atoms with van der Waals surface area (Å²) in [7, 11) is 3.19. The van der Waals surface area contributed by atoms with Crippen molar-refractivity contribution in [2.45, 2.75) is 0 Å². The quantitative estimate of drug-likeness (QED) is 0.585. The lowest BCUT2D eigenvalue weighted by Gasteiger charge is -2.11. The van der Waals surface area contributed by atoms with Gasteiger partial charge in [0.1, 0.15) is 17.3 Å². The summed E-state index contributed by atoms with van der Waals surface area (Å²) >= 11 is 0. The van der Waals surface area contributed by atoms with Gasteiger partial charge in [0.2, 0.25) is 0 Å². The molecule has 0 atom stereocenters. The molecule has 144 valence electrons. The van der Waals surface area contributed by atoms with Crippen LogP contribution in [0, 0.1) is 0 Å². The van der Waals surface area contributed by atoms with Crippen LogP contribution in [0.15, 0.2) is 60.7 Å². The van der Waals surface area contributed by atoms with Crippen molar-refractivity contribution in [1.82, 2.24) is 15.3 Å². The largest absolute Gasteiger partial charge is 0.497 e. The van der Waals surface area contributed by atoms with E-state index in [0.29, 0.717) is 24.8 Å². The second-order valence-electron chi connectivity index (χ2n) is 5.93. The number of rotatable bonds is 8. The first-order valence-electron chi connectivity index (χ1n) is 8.82. The molecule has 0 unspecified atom stereocenters. The zero-order chi connectivity index (χ0) is 19.8. The van der Waals surface area contributed by atoms with Gasteiger partial charge in [-0.05, 0) is 12.1 Å². The molecule has 0 fully saturated rings. The minimum atomic E-state index is -0.287. The van der Waals surface area contributed by atoms with Gasteiger partial charge in [-0.2, -0.15) is 0 Å². The van der Waals surface area contributed by atoms with Crippen LogP contribution in [0.4, 0.5) is 11.5 Å². The Balaban J connectivity index is 1.93. The van der Waals surface area contributed by atoms with Crippen molar-refractivity contribution in [3.05, 3.63) is 66.4 Å². The van der Waals surface area contributed by atoms with Crippen LogP contribution in [-0.4, -0.2) is 43.2 Å². The number of hydrogen-bond donors (Lipinski definition) is 2. The number of amides is 1. The maximum absolute atomic E-state index is 12.5. The number of nitrogens with zero attached hydrogens (tertiary/aromatic N) is 2. The van der Waals surface area contributed by atoms with Crippen molar-refractivity contribution in [1.29, 1.82) is 0 Å². The van der Waals surface area contributed by atoms with Crippen LogP contribution in [0.3, 0.4) is 0 Å². The molecule has 3 rings (SSSR count).